The van der Waals surface area contributed by atoms with E-state index < -0.39 is 0 Å². The van der Waals surface area contributed by atoms with Crippen molar-refractivity contribution in [2.75, 3.05) is 0 Å². The smallest absolute Gasteiger partial charge is 0.137 e. The standard InChI is InChI=1S/C13H9N2O/c16-12-6-2-1-4-9(12)11-8-15-13-10(11)5-3-7-14-13/h1-3,5-8,16H,(H,14,15). The van der Waals surface area contributed by atoms with Gasteiger partial charge in [0.15, 0.2) is 0 Å². The second-order valence-corrected chi connectivity index (χ2v) is 3.53. The summed E-state index contributed by atoms with van der Waals surface area (Å²) in [6.07, 6.45) is 3.57. The van der Waals surface area contributed by atoms with Gasteiger partial charge in [-0.05, 0) is 24.3 Å². The van der Waals surface area contributed by atoms with Gasteiger partial charge in [-0.1, -0.05) is 12.1 Å². The summed E-state index contributed by atoms with van der Waals surface area (Å²) in [6, 6.07) is 12.1. The number of H-pyrrole nitrogens is 1. The summed E-state index contributed by atoms with van der Waals surface area (Å²) in [5, 5.41) is 10.8. The molecule has 2 aromatic heterocycles. The van der Waals surface area contributed by atoms with E-state index in [0.29, 0.717) is 5.56 Å². The Labute approximate surface area is 92.4 Å². The maximum atomic E-state index is 9.78. The van der Waals surface area contributed by atoms with Crippen LogP contribution in [0.5, 0.6) is 5.75 Å². The molecule has 0 spiro atoms. The van der Waals surface area contributed by atoms with Crippen molar-refractivity contribution in [3.63, 3.8) is 0 Å². The first kappa shape index (κ1) is 8.97. The SMILES string of the molecule is Oc1ccc[c]c1-c1c[nH]c2ncccc12. The predicted octanol–water partition coefficient (Wildman–Crippen LogP) is 2.74. The number of fused-ring (bicyclic) bond motifs is 1. The van der Waals surface area contributed by atoms with Crippen molar-refractivity contribution < 1.29 is 5.11 Å². The minimum Gasteiger partial charge on any atom is -0.507 e. The molecule has 1 aromatic carbocycles. The Balaban J connectivity index is 2.31. The van der Waals surface area contributed by atoms with Gasteiger partial charge in [-0.15, -0.1) is 0 Å². The van der Waals surface area contributed by atoms with Gasteiger partial charge in [0, 0.05) is 28.9 Å². The lowest BCUT2D eigenvalue weighted by Crippen LogP contribution is -1.77. The van der Waals surface area contributed by atoms with E-state index in [1.807, 2.05) is 18.3 Å². The lowest BCUT2D eigenvalue weighted by atomic mass is 10.1. The van der Waals surface area contributed by atoms with Crippen molar-refractivity contribution >= 4 is 11.0 Å². The number of phenols is 1. The third-order valence-electron chi connectivity index (χ3n) is 2.55. The molecule has 3 aromatic rings. The number of pyridine rings is 1. The van der Waals surface area contributed by atoms with Gasteiger partial charge < -0.3 is 10.1 Å². The molecule has 77 valence electrons. The highest BCUT2D eigenvalue weighted by molar-refractivity contribution is 5.94. The molecule has 1 radical (unpaired) electrons. The average Bonchev–Trinajstić information content (AvgIpc) is 2.74. The zero-order valence-corrected chi connectivity index (χ0v) is 8.44. The van der Waals surface area contributed by atoms with Crippen molar-refractivity contribution in [1.82, 2.24) is 9.97 Å². The van der Waals surface area contributed by atoms with Crippen LogP contribution in [-0.4, -0.2) is 15.1 Å². The van der Waals surface area contributed by atoms with Crippen LogP contribution in [0.1, 0.15) is 0 Å². The van der Waals surface area contributed by atoms with Crippen LogP contribution in [0.2, 0.25) is 0 Å². The average molecular weight is 209 g/mol. The topological polar surface area (TPSA) is 48.9 Å². The molecule has 0 aliphatic heterocycles. The van der Waals surface area contributed by atoms with Gasteiger partial charge in [0.1, 0.15) is 11.4 Å². The number of nitrogens with zero attached hydrogens (tertiary/aromatic N) is 1. The third-order valence-corrected chi connectivity index (χ3v) is 2.55. The fraction of sp³-hybridized carbons (Fsp3) is 0. The lowest BCUT2D eigenvalue weighted by molar-refractivity contribution is 0.477. The van der Waals surface area contributed by atoms with Crippen LogP contribution in [0.25, 0.3) is 22.2 Å². The number of nitrogens with one attached hydrogen (secondary N) is 1. The molecule has 0 atom stereocenters. The molecule has 16 heavy (non-hydrogen) atoms. The Morgan fingerprint density at radius 2 is 2.19 bits per heavy atom. The molecule has 2 N–H and O–H groups in total. The highest BCUT2D eigenvalue weighted by Crippen LogP contribution is 2.32. The highest BCUT2D eigenvalue weighted by atomic mass is 16.3. The first-order chi connectivity index (χ1) is 7.86. The summed E-state index contributed by atoms with van der Waals surface area (Å²) in [5.41, 5.74) is 2.43. The molecule has 0 saturated heterocycles. The van der Waals surface area contributed by atoms with E-state index in [9.17, 15) is 5.11 Å². The second-order valence-electron chi connectivity index (χ2n) is 3.53. The molecule has 0 fully saturated rings. The second kappa shape index (κ2) is 3.38. The Bertz CT molecular complexity index is 643. The fourth-order valence-electron chi connectivity index (χ4n) is 1.81. The quantitative estimate of drug-likeness (QED) is 0.647. The normalized spacial score (nSPS) is 10.8. The maximum Gasteiger partial charge on any atom is 0.137 e. The van der Waals surface area contributed by atoms with E-state index in [2.05, 4.69) is 16.0 Å². The monoisotopic (exact) mass is 209 g/mol. The largest absolute Gasteiger partial charge is 0.507 e. The Kier molecular flexibility index (Phi) is 1.90. The number of aromatic amines is 1. The van der Waals surface area contributed by atoms with Gasteiger partial charge >= 0.3 is 0 Å². The van der Waals surface area contributed by atoms with Gasteiger partial charge in [0.2, 0.25) is 0 Å². The zero-order valence-electron chi connectivity index (χ0n) is 8.44. The van der Waals surface area contributed by atoms with Crippen LogP contribution in [0.3, 0.4) is 0 Å². The minimum absolute atomic E-state index is 0.229. The molecule has 2 heterocycles. The van der Waals surface area contributed by atoms with Crippen LogP contribution >= 0.6 is 0 Å². The number of phenolic OH excluding ortho intramolecular Hbond substituents is 1. The van der Waals surface area contributed by atoms with Crippen molar-refractivity contribution in [2.24, 2.45) is 0 Å². The molecule has 0 saturated carbocycles. The van der Waals surface area contributed by atoms with Crippen LogP contribution in [0.4, 0.5) is 0 Å². The van der Waals surface area contributed by atoms with E-state index in [1.54, 1.807) is 24.4 Å². The maximum absolute atomic E-state index is 9.78. The molecule has 0 unspecified atom stereocenters. The zero-order chi connectivity index (χ0) is 11.0. The number of aromatic hydroxyl groups is 1. The molecule has 3 nitrogen and oxygen atoms in total. The van der Waals surface area contributed by atoms with Crippen LogP contribution < -0.4 is 0 Å². The Morgan fingerprint density at radius 3 is 3.06 bits per heavy atom. The molecule has 3 rings (SSSR count). The molecule has 0 aliphatic rings. The van der Waals surface area contributed by atoms with Gasteiger partial charge in [-0.25, -0.2) is 4.98 Å². The minimum atomic E-state index is 0.229. The summed E-state index contributed by atoms with van der Waals surface area (Å²) >= 11 is 0. The molecular formula is C13H9N2O. The number of rotatable bonds is 1. The number of aromatic nitrogens is 2. The van der Waals surface area contributed by atoms with Gasteiger partial charge in [0.05, 0.1) is 0 Å². The summed E-state index contributed by atoms with van der Waals surface area (Å²) in [6.45, 7) is 0. The third kappa shape index (κ3) is 1.26. The van der Waals surface area contributed by atoms with Crippen molar-refractivity contribution in [3.05, 3.63) is 48.8 Å². The van der Waals surface area contributed by atoms with E-state index >= 15 is 0 Å². The summed E-state index contributed by atoms with van der Waals surface area (Å²) in [7, 11) is 0. The van der Waals surface area contributed by atoms with Gasteiger partial charge in [0.25, 0.3) is 0 Å². The van der Waals surface area contributed by atoms with E-state index in [4.69, 9.17) is 0 Å². The molecule has 3 heteroatoms. The van der Waals surface area contributed by atoms with Crippen molar-refractivity contribution in [3.8, 4) is 16.9 Å². The van der Waals surface area contributed by atoms with Crippen LogP contribution in [-0.2, 0) is 0 Å². The molecule has 0 amide bonds. The van der Waals surface area contributed by atoms with Crippen molar-refractivity contribution in [1.29, 1.82) is 0 Å². The fourth-order valence-corrected chi connectivity index (χ4v) is 1.81. The lowest BCUT2D eigenvalue weighted by Gasteiger charge is -2.01. The number of hydrogen-bond donors (Lipinski definition) is 2. The van der Waals surface area contributed by atoms with E-state index in [-0.39, 0.29) is 5.75 Å². The number of benzene rings is 1. The highest BCUT2D eigenvalue weighted by Gasteiger charge is 2.09. The van der Waals surface area contributed by atoms with Crippen LogP contribution in [0, 0.1) is 6.07 Å². The summed E-state index contributed by atoms with van der Waals surface area (Å²) in [5.74, 6) is 0.229. The van der Waals surface area contributed by atoms with E-state index in [1.165, 1.54) is 0 Å². The number of hydrogen-bond acceptors (Lipinski definition) is 2. The first-order valence-corrected chi connectivity index (χ1v) is 4.98. The Morgan fingerprint density at radius 1 is 1.25 bits per heavy atom. The van der Waals surface area contributed by atoms with Crippen LogP contribution in [0.15, 0.2) is 42.7 Å². The molecular weight excluding hydrogens is 200 g/mol. The van der Waals surface area contributed by atoms with Gasteiger partial charge in [-0.2, -0.15) is 0 Å². The van der Waals surface area contributed by atoms with Crippen molar-refractivity contribution in [2.45, 2.75) is 0 Å². The first-order valence-electron chi connectivity index (χ1n) is 4.98. The van der Waals surface area contributed by atoms with Gasteiger partial charge in [-0.3, -0.25) is 0 Å². The van der Waals surface area contributed by atoms with E-state index in [0.717, 1.165) is 16.6 Å². The molecule has 0 bridgehead atoms. The Hall–Kier alpha value is -2.29. The predicted molar refractivity (Wildman–Crippen MR) is 62.0 cm³/mol. The molecule has 0 aliphatic carbocycles. The summed E-state index contributed by atoms with van der Waals surface area (Å²) in [4.78, 5) is 7.28. The summed E-state index contributed by atoms with van der Waals surface area (Å²) < 4.78 is 0.